The number of amides is 1. The van der Waals surface area contributed by atoms with Crippen molar-refractivity contribution < 1.29 is 13.9 Å². The first-order valence-corrected chi connectivity index (χ1v) is 7.21. The molecule has 21 heavy (non-hydrogen) atoms. The molecule has 2 aromatic carbocycles. The molecule has 3 nitrogen and oxygen atoms in total. The number of nitrogens with one attached hydrogen (secondary N) is 1. The van der Waals surface area contributed by atoms with E-state index in [4.69, 9.17) is 4.74 Å². The molecular weight excluding hydrogens is 337 g/mol. The van der Waals surface area contributed by atoms with Gasteiger partial charge in [-0.2, -0.15) is 0 Å². The average molecular weight is 352 g/mol. The highest BCUT2D eigenvalue weighted by Crippen LogP contribution is 2.23. The van der Waals surface area contributed by atoms with Crippen LogP contribution in [0.1, 0.15) is 28.9 Å². The number of methoxy groups -OCH3 is 1. The van der Waals surface area contributed by atoms with E-state index in [-0.39, 0.29) is 23.3 Å². The van der Waals surface area contributed by atoms with Gasteiger partial charge in [0.05, 0.1) is 13.2 Å². The fourth-order valence-electron chi connectivity index (χ4n) is 1.99. The van der Waals surface area contributed by atoms with Crippen molar-refractivity contribution in [2.45, 2.75) is 13.0 Å². The molecule has 0 aromatic heterocycles. The van der Waals surface area contributed by atoms with Crippen molar-refractivity contribution in [2.24, 2.45) is 0 Å². The largest absolute Gasteiger partial charge is 0.494 e. The molecule has 0 unspecified atom stereocenters. The zero-order valence-corrected chi connectivity index (χ0v) is 13.3. The first kappa shape index (κ1) is 15.5. The third-order valence-electron chi connectivity index (χ3n) is 3.13. The molecule has 0 heterocycles. The number of carbonyl (C=O) groups excluding carboxylic acids is 1. The Balaban J connectivity index is 2.14. The van der Waals surface area contributed by atoms with E-state index in [1.54, 1.807) is 0 Å². The molecule has 1 amide bonds. The predicted molar refractivity (Wildman–Crippen MR) is 83.0 cm³/mol. The normalized spacial score (nSPS) is 11.8. The van der Waals surface area contributed by atoms with E-state index in [1.807, 2.05) is 31.2 Å². The van der Waals surface area contributed by atoms with Crippen LogP contribution in [-0.2, 0) is 0 Å². The summed E-state index contributed by atoms with van der Waals surface area (Å²) in [6.45, 7) is 1.87. The van der Waals surface area contributed by atoms with E-state index >= 15 is 0 Å². The number of carbonyl (C=O) groups is 1. The van der Waals surface area contributed by atoms with Crippen LogP contribution in [0.5, 0.6) is 5.75 Å². The second-order valence-corrected chi connectivity index (χ2v) is 5.42. The minimum Gasteiger partial charge on any atom is -0.494 e. The molecule has 0 fully saturated rings. The van der Waals surface area contributed by atoms with E-state index in [2.05, 4.69) is 21.2 Å². The Morgan fingerprint density at radius 1 is 1.29 bits per heavy atom. The maximum Gasteiger partial charge on any atom is 0.251 e. The number of halogens is 2. The molecule has 0 aliphatic rings. The number of ether oxygens (including phenoxy) is 1. The van der Waals surface area contributed by atoms with Crippen LogP contribution in [0.3, 0.4) is 0 Å². The third kappa shape index (κ3) is 3.61. The SMILES string of the molecule is COc1ccc(C(=O)N[C@@H](C)c2ccccc2Br)cc1F. The number of hydrogen-bond acceptors (Lipinski definition) is 2. The molecule has 0 spiro atoms. The fourth-order valence-corrected chi connectivity index (χ4v) is 2.62. The summed E-state index contributed by atoms with van der Waals surface area (Å²) in [5.41, 5.74) is 1.21. The quantitative estimate of drug-likeness (QED) is 0.900. The van der Waals surface area contributed by atoms with Gasteiger partial charge in [-0.1, -0.05) is 34.1 Å². The molecule has 0 aliphatic carbocycles. The lowest BCUT2D eigenvalue weighted by Crippen LogP contribution is -2.26. The molecule has 110 valence electrons. The molecule has 5 heteroatoms. The second-order valence-electron chi connectivity index (χ2n) is 4.57. The molecule has 0 saturated carbocycles. The van der Waals surface area contributed by atoms with Crippen molar-refractivity contribution in [2.75, 3.05) is 7.11 Å². The van der Waals surface area contributed by atoms with Crippen molar-refractivity contribution in [1.29, 1.82) is 0 Å². The molecule has 0 saturated heterocycles. The first-order valence-electron chi connectivity index (χ1n) is 6.41. The predicted octanol–water partition coefficient (Wildman–Crippen LogP) is 4.09. The summed E-state index contributed by atoms with van der Waals surface area (Å²) >= 11 is 3.45. The summed E-state index contributed by atoms with van der Waals surface area (Å²) < 4.78 is 19.4. The van der Waals surface area contributed by atoms with Crippen LogP contribution in [0.2, 0.25) is 0 Å². The summed E-state index contributed by atoms with van der Waals surface area (Å²) in [7, 11) is 1.38. The Morgan fingerprint density at radius 3 is 2.62 bits per heavy atom. The first-order chi connectivity index (χ1) is 10.0. The third-order valence-corrected chi connectivity index (χ3v) is 3.86. The van der Waals surface area contributed by atoms with Crippen molar-refractivity contribution in [3.63, 3.8) is 0 Å². The van der Waals surface area contributed by atoms with Crippen LogP contribution in [0.15, 0.2) is 46.9 Å². The molecule has 0 radical (unpaired) electrons. The number of rotatable bonds is 4. The minimum atomic E-state index is -0.557. The van der Waals surface area contributed by atoms with Crippen LogP contribution in [0, 0.1) is 5.82 Å². The Kier molecular flexibility index (Phi) is 4.96. The van der Waals surface area contributed by atoms with Crippen LogP contribution >= 0.6 is 15.9 Å². The van der Waals surface area contributed by atoms with Gasteiger partial charge in [-0.3, -0.25) is 4.79 Å². The van der Waals surface area contributed by atoms with Gasteiger partial charge in [0, 0.05) is 10.0 Å². The molecule has 2 rings (SSSR count). The lowest BCUT2D eigenvalue weighted by molar-refractivity contribution is 0.0939. The average Bonchev–Trinajstić information content (AvgIpc) is 2.47. The van der Waals surface area contributed by atoms with Gasteiger partial charge in [0.15, 0.2) is 11.6 Å². The smallest absolute Gasteiger partial charge is 0.251 e. The van der Waals surface area contributed by atoms with E-state index in [1.165, 1.54) is 25.3 Å². The van der Waals surface area contributed by atoms with Gasteiger partial charge in [-0.25, -0.2) is 4.39 Å². The molecule has 0 bridgehead atoms. The lowest BCUT2D eigenvalue weighted by atomic mass is 10.1. The van der Waals surface area contributed by atoms with E-state index in [9.17, 15) is 9.18 Å². The minimum absolute atomic E-state index is 0.116. The number of hydrogen-bond donors (Lipinski definition) is 1. The van der Waals surface area contributed by atoms with Crippen molar-refractivity contribution in [3.05, 3.63) is 63.9 Å². The Bertz CT molecular complexity index is 660. The summed E-state index contributed by atoms with van der Waals surface area (Å²) in [5.74, 6) is -0.774. The monoisotopic (exact) mass is 351 g/mol. The van der Waals surface area contributed by atoms with E-state index in [0.717, 1.165) is 10.0 Å². The maximum absolute atomic E-state index is 13.6. The Labute approximate surface area is 131 Å². The molecule has 1 atom stereocenters. The van der Waals surface area contributed by atoms with Gasteiger partial charge >= 0.3 is 0 Å². The number of benzene rings is 2. The zero-order valence-electron chi connectivity index (χ0n) is 11.7. The lowest BCUT2D eigenvalue weighted by Gasteiger charge is -2.16. The topological polar surface area (TPSA) is 38.3 Å². The van der Waals surface area contributed by atoms with Crippen molar-refractivity contribution >= 4 is 21.8 Å². The highest BCUT2D eigenvalue weighted by atomic mass is 79.9. The zero-order chi connectivity index (χ0) is 15.4. The van der Waals surface area contributed by atoms with E-state index in [0.29, 0.717) is 0 Å². The highest BCUT2D eigenvalue weighted by molar-refractivity contribution is 9.10. The van der Waals surface area contributed by atoms with E-state index < -0.39 is 5.82 Å². The summed E-state index contributed by atoms with van der Waals surface area (Å²) in [6.07, 6.45) is 0. The molecular formula is C16H15BrFNO2. The van der Waals surface area contributed by atoms with Crippen LogP contribution < -0.4 is 10.1 Å². The van der Waals surface area contributed by atoms with Gasteiger partial charge in [0.2, 0.25) is 0 Å². The molecule has 0 aliphatic heterocycles. The van der Waals surface area contributed by atoms with Gasteiger partial charge < -0.3 is 10.1 Å². The molecule has 1 N–H and O–H groups in total. The summed E-state index contributed by atoms with van der Waals surface area (Å²) in [5, 5.41) is 2.84. The Hall–Kier alpha value is -1.88. The van der Waals surface area contributed by atoms with Gasteiger partial charge in [-0.15, -0.1) is 0 Å². The Morgan fingerprint density at radius 2 is 2.00 bits per heavy atom. The maximum atomic E-state index is 13.6. The van der Waals surface area contributed by atoms with Gasteiger partial charge in [0.25, 0.3) is 5.91 Å². The van der Waals surface area contributed by atoms with Crippen molar-refractivity contribution in [3.8, 4) is 5.75 Å². The summed E-state index contributed by atoms with van der Waals surface area (Å²) in [4.78, 5) is 12.2. The fraction of sp³-hybridized carbons (Fsp3) is 0.188. The second kappa shape index (κ2) is 6.72. The van der Waals surface area contributed by atoms with Gasteiger partial charge in [0.1, 0.15) is 0 Å². The van der Waals surface area contributed by atoms with Crippen LogP contribution in [0.25, 0.3) is 0 Å². The molecule has 2 aromatic rings. The van der Waals surface area contributed by atoms with Crippen molar-refractivity contribution in [1.82, 2.24) is 5.32 Å². The summed E-state index contributed by atoms with van der Waals surface area (Å²) in [6, 6.07) is 11.6. The van der Waals surface area contributed by atoms with Gasteiger partial charge in [-0.05, 0) is 36.8 Å². The van der Waals surface area contributed by atoms with Crippen LogP contribution in [0.4, 0.5) is 4.39 Å². The highest BCUT2D eigenvalue weighted by Gasteiger charge is 2.15. The standard InChI is InChI=1S/C16H15BrFNO2/c1-10(12-5-3-4-6-13(12)17)19-16(20)11-7-8-15(21-2)14(18)9-11/h3-10H,1-2H3,(H,19,20)/t10-/m0/s1. The van der Waals surface area contributed by atoms with Crippen LogP contribution in [-0.4, -0.2) is 13.0 Å².